The number of nitrogens with one attached hydrogen (secondary N) is 1. The highest BCUT2D eigenvalue weighted by molar-refractivity contribution is 5.92. The first-order valence-corrected chi connectivity index (χ1v) is 8.96. The van der Waals surface area contributed by atoms with Crippen LogP contribution in [-0.4, -0.2) is 37.1 Å². The smallest absolute Gasteiger partial charge is 0.321 e. The summed E-state index contributed by atoms with van der Waals surface area (Å²) in [7, 11) is 1.39. The number of methoxy groups -OCH3 is 1. The average Bonchev–Trinajstić information content (AvgIpc) is 2.97. The van der Waals surface area contributed by atoms with Gasteiger partial charge in [0.25, 0.3) is 0 Å². The lowest BCUT2D eigenvalue weighted by atomic mass is 9.90. The van der Waals surface area contributed by atoms with Crippen LogP contribution in [0.3, 0.4) is 0 Å². The van der Waals surface area contributed by atoms with Crippen molar-refractivity contribution < 1.29 is 14.3 Å². The second kappa shape index (κ2) is 7.46. The van der Waals surface area contributed by atoms with Gasteiger partial charge in [0.2, 0.25) is 0 Å². The van der Waals surface area contributed by atoms with Crippen LogP contribution < -0.4 is 5.32 Å². The number of amides is 2. The summed E-state index contributed by atoms with van der Waals surface area (Å²) in [5, 5.41) is 3.11. The zero-order valence-electron chi connectivity index (χ0n) is 16.2. The number of benzene rings is 1. The summed E-state index contributed by atoms with van der Waals surface area (Å²) < 4.78 is 4.89. The van der Waals surface area contributed by atoms with E-state index >= 15 is 0 Å². The summed E-state index contributed by atoms with van der Waals surface area (Å²) in [4.78, 5) is 26.5. The van der Waals surface area contributed by atoms with E-state index in [2.05, 4.69) is 45.1 Å². The van der Waals surface area contributed by atoms with E-state index in [-0.39, 0.29) is 12.0 Å². The molecular weight excluding hydrogens is 316 g/mol. The molecular formula is C20H30N2O3. The lowest BCUT2D eigenvalue weighted by Crippen LogP contribution is -2.38. The van der Waals surface area contributed by atoms with Crippen LogP contribution in [0.1, 0.15) is 64.0 Å². The fraction of sp³-hybridized carbons (Fsp3) is 0.600. The molecule has 25 heavy (non-hydrogen) atoms. The highest BCUT2D eigenvalue weighted by Gasteiger charge is 2.43. The Morgan fingerprint density at radius 1 is 1.16 bits per heavy atom. The van der Waals surface area contributed by atoms with E-state index in [1.54, 1.807) is 4.90 Å². The SMILES string of the molecule is COC(=O)[C@@]1(C)CCN(C(=O)Nc2c(C(C)C)cccc2C(C)C)C1. The van der Waals surface area contributed by atoms with Gasteiger partial charge in [-0.1, -0.05) is 45.9 Å². The first kappa shape index (κ1) is 19.3. The summed E-state index contributed by atoms with van der Waals surface area (Å²) in [6.07, 6.45) is 0.621. The van der Waals surface area contributed by atoms with Gasteiger partial charge in [-0.25, -0.2) is 4.79 Å². The number of carbonyl (C=O) groups excluding carboxylic acids is 2. The van der Waals surface area contributed by atoms with Crippen LogP contribution in [0.15, 0.2) is 18.2 Å². The van der Waals surface area contributed by atoms with Crippen LogP contribution >= 0.6 is 0 Å². The van der Waals surface area contributed by atoms with Crippen molar-refractivity contribution in [2.75, 3.05) is 25.5 Å². The molecule has 0 aliphatic carbocycles. The van der Waals surface area contributed by atoms with Crippen LogP contribution in [-0.2, 0) is 9.53 Å². The van der Waals surface area contributed by atoms with Crippen molar-refractivity contribution in [1.82, 2.24) is 4.90 Å². The number of para-hydroxylation sites is 1. The molecule has 1 saturated heterocycles. The second-order valence-electron chi connectivity index (χ2n) is 7.77. The maximum Gasteiger partial charge on any atom is 0.321 e. The lowest BCUT2D eigenvalue weighted by Gasteiger charge is -2.25. The molecule has 1 atom stereocenters. The molecule has 5 nitrogen and oxygen atoms in total. The summed E-state index contributed by atoms with van der Waals surface area (Å²) >= 11 is 0. The van der Waals surface area contributed by atoms with Gasteiger partial charge in [-0.2, -0.15) is 0 Å². The van der Waals surface area contributed by atoms with Gasteiger partial charge in [-0.15, -0.1) is 0 Å². The van der Waals surface area contributed by atoms with Crippen LogP contribution in [0, 0.1) is 5.41 Å². The van der Waals surface area contributed by atoms with Crippen LogP contribution in [0.2, 0.25) is 0 Å². The molecule has 2 rings (SSSR count). The van der Waals surface area contributed by atoms with Crippen molar-refractivity contribution in [1.29, 1.82) is 0 Å². The number of urea groups is 1. The zero-order valence-corrected chi connectivity index (χ0v) is 16.2. The number of esters is 1. The van der Waals surface area contributed by atoms with E-state index in [4.69, 9.17) is 4.74 Å². The van der Waals surface area contributed by atoms with Crippen molar-refractivity contribution in [3.63, 3.8) is 0 Å². The van der Waals surface area contributed by atoms with Crippen molar-refractivity contribution in [2.45, 2.75) is 52.9 Å². The van der Waals surface area contributed by atoms with Gasteiger partial charge in [0, 0.05) is 18.8 Å². The van der Waals surface area contributed by atoms with E-state index in [1.165, 1.54) is 7.11 Å². The number of carbonyl (C=O) groups is 2. The minimum atomic E-state index is -0.621. The van der Waals surface area contributed by atoms with E-state index < -0.39 is 5.41 Å². The minimum Gasteiger partial charge on any atom is -0.469 e. The maximum atomic E-state index is 12.8. The molecule has 1 fully saturated rings. The number of rotatable bonds is 4. The predicted molar refractivity (Wildman–Crippen MR) is 100.0 cm³/mol. The van der Waals surface area contributed by atoms with Gasteiger partial charge in [0.05, 0.1) is 12.5 Å². The highest BCUT2D eigenvalue weighted by atomic mass is 16.5. The van der Waals surface area contributed by atoms with Crippen LogP contribution in [0.4, 0.5) is 10.5 Å². The number of nitrogens with zero attached hydrogens (tertiary/aromatic N) is 1. The molecule has 138 valence electrons. The molecule has 1 aliphatic rings. The van der Waals surface area contributed by atoms with Crippen molar-refractivity contribution in [3.8, 4) is 0 Å². The molecule has 0 spiro atoms. The standard InChI is InChI=1S/C20H30N2O3/c1-13(2)15-8-7-9-16(14(3)4)17(15)21-19(24)22-11-10-20(5,12-22)18(23)25-6/h7-9,13-14H,10-12H2,1-6H3,(H,21,24)/t20-/m0/s1. The van der Waals surface area contributed by atoms with Crippen LogP contribution in [0.25, 0.3) is 0 Å². The highest BCUT2D eigenvalue weighted by Crippen LogP contribution is 2.34. The lowest BCUT2D eigenvalue weighted by molar-refractivity contribution is -0.150. The van der Waals surface area contributed by atoms with Crippen molar-refractivity contribution in [3.05, 3.63) is 29.3 Å². The molecule has 0 radical (unpaired) electrons. The number of anilines is 1. The molecule has 2 amide bonds. The fourth-order valence-electron chi connectivity index (χ4n) is 3.43. The molecule has 0 bridgehead atoms. The van der Waals surface area contributed by atoms with Crippen LogP contribution in [0.5, 0.6) is 0 Å². The molecule has 0 aromatic heterocycles. The minimum absolute atomic E-state index is 0.150. The zero-order chi connectivity index (χ0) is 18.8. The first-order valence-electron chi connectivity index (χ1n) is 8.96. The van der Waals surface area contributed by atoms with Gasteiger partial charge < -0.3 is 15.0 Å². The third-order valence-electron chi connectivity index (χ3n) is 5.04. The summed E-state index contributed by atoms with van der Waals surface area (Å²) in [5.74, 6) is 0.370. The molecule has 1 N–H and O–H groups in total. The van der Waals surface area contributed by atoms with E-state index in [1.807, 2.05) is 13.0 Å². The number of likely N-dealkylation sites (tertiary alicyclic amines) is 1. The molecule has 1 heterocycles. The van der Waals surface area contributed by atoms with Gasteiger partial charge in [0.1, 0.15) is 0 Å². The summed E-state index contributed by atoms with van der Waals surface area (Å²) in [6, 6.07) is 6.02. The van der Waals surface area contributed by atoms with Crippen molar-refractivity contribution in [2.24, 2.45) is 5.41 Å². The largest absolute Gasteiger partial charge is 0.469 e. The third kappa shape index (κ3) is 3.97. The Bertz CT molecular complexity index is 628. The number of ether oxygens (including phenoxy) is 1. The number of hydrogen-bond donors (Lipinski definition) is 1. The first-order chi connectivity index (χ1) is 11.7. The predicted octanol–water partition coefficient (Wildman–Crippen LogP) is 4.35. The quantitative estimate of drug-likeness (QED) is 0.825. The summed E-state index contributed by atoms with van der Waals surface area (Å²) in [5.41, 5.74) is 2.55. The molecule has 1 aromatic carbocycles. The second-order valence-corrected chi connectivity index (χ2v) is 7.77. The monoisotopic (exact) mass is 346 g/mol. The fourth-order valence-corrected chi connectivity index (χ4v) is 3.43. The van der Waals surface area contributed by atoms with Gasteiger partial charge in [0.15, 0.2) is 0 Å². The van der Waals surface area contributed by atoms with Gasteiger partial charge >= 0.3 is 12.0 Å². The van der Waals surface area contributed by atoms with E-state index in [0.717, 1.165) is 16.8 Å². The molecule has 5 heteroatoms. The molecule has 1 aromatic rings. The Kier molecular flexibility index (Phi) is 5.76. The summed E-state index contributed by atoms with van der Waals surface area (Å²) in [6.45, 7) is 11.3. The molecule has 0 saturated carbocycles. The topological polar surface area (TPSA) is 58.6 Å². The maximum absolute atomic E-state index is 12.8. The third-order valence-corrected chi connectivity index (χ3v) is 5.04. The van der Waals surface area contributed by atoms with E-state index in [9.17, 15) is 9.59 Å². The Labute approximate surface area is 150 Å². The average molecular weight is 346 g/mol. The van der Waals surface area contributed by atoms with Gasteiger partial charge in [-0.3, -0.25) is 4.79 Å². The van der Waals surface area contributed by atoms with Gasteiger partial charge in [-0.05, 0) is 36.3 Å². The Balaban J connectivity index is 2.23. The van der Waals surface area contributed by atoms with E-state index in [0.29, 0.717) is 31.3 Å². The molecule has 0 unspecified atom stereocenters. The van der Waals surface area contributed by atoms with Crippen molar-refractivity contribution >= 4 is 17.7 Å². The normalized spacial score (nSPS) is 20.2. The Morgan fingerprint density at radius 2 is 1.72 bits per heavy atom. The molecule has 1 aliphatic heterocycles. The number of hydrogen-bond acceptors (Lipinski definition) is 3. The Morgan fingerprint density at radius 3 is 2.20 bits per heavy atom. The Hall–Kier alpha value is -2.04.